The zero-order chi connectivity index (χ0) is 17.5. The highest BCUT2D eigenvalue weighted by molar-refractivity contribution is 7.91. The van der Waals surface area contributed by atoms with E-state index in [1.54, 1.807) is 35.9 Å². The summed E-state index contributed by atoms with van der Waals surface area (Å²) in [5.74, 6) is 0.550. The minimum Gasteiger partial charge on any atom is -0.356 e. The van der Waals surface area contributed by atoms with Crippen LogP contribution >= 0.6 is 22.7 Å². The summed E-state index contributed by atoms with van der Waals surface area (Å²) in [6, 6.07) is 2.98. The number of aryl methyl sites for hydroxylation is 2. The van der Waals surface area contributed by atoms with Crippen molar-refractivity contribution < 1.29 is 12.9 Å². The highest BCUT2D eigenvalue weighted by atomic mass is 32.2. The first-order chi connectivity index (χ1) is 11.3. The smallest absolute Gasteiger partial charge is 0.252 e. The van der Waals surface area contributed by atoms with Crippen LogP contribution in [0.4, 0.5) is 0 Å². The highest BCUT2D eigenvalue weighted by Crippen LogP contribution is 2.34. The zero-order valence-corrected chi connectivity index (χ0v) is 16.1. The number of hydrogen-bond donors (Lipinski definition) is 0. The average molecular weight is 384 g/mol. The molecule has 9 heteroatoms. The number of aromatic nitrogens is 2. The molecule has 3 aromatic rings. The summed E-state index contributed by atoms with van der Waals surface area (Å²) in [7, 11) is -2.02. The molecule has 0 radical (unpaired) electrons. The Morgan fingerprint density at radius 3 is 2.67 bits per heavy atom. The van der Waals surface area contributed by atoms with Gasteiger partial charge in [0.05, 0.1) is 22.9 Å². The van der Waals surface area contributed by atoms with Gasteiger partial charge in [0.2, 0.25) is 0 Å². The van der Waals surface area contributed by atoms with E-state index in [4.69, 9.17) is 4.52 Å². The van der Waals surface area contributed by atoms with E-state index in [0.29, 0.717) is 11.3 Å². The Kier molecular flexibility index (Phi) is 4.60. The van der Waals surface area contributed by atoms with E-state index < -0.39 is 10.0 Å². The fourth-order valence-corrected chi connectivity index (χ4v) is 5.99. The van der Waals surface area contributed by atoms with Gasteiger partial charge in [0.1, 0.15) is 4.21 Å². The van der Waals surface area contributed by atoms with Gasteiger partial charge in [-0.15, -0.1) is 22.7 Å². The molecular weight excluding hydrogens is 366 g/mol. The number of sulfonamides is 1. The van der Waals surface area contributed by atoms with Gasteiger partial charge in [0, 0.05) is 28.9 Å². The molecule has 0 bridgehead atoms. The molecule has 0 aromatic carbocycles. The van der Waals surface area contributed by atoms with E-state index in [-0.39, 0.29) is 10.3 Å². The fourth-order valence-electron chi connectivity index (χ4n) is 2.40. The molecule has 0 aliphatic carbocycles. The largest absolute Gasteiger partial charge is 0.356 e. The van der Waals surface area contributed by atoms with Crippen LogP contribution in [-0.4, -0.2) is 29.9 Å². The second-order valence-electron chi connectivity index (χ2n) is 5.40. The van der Waals surface area contributed by atoms with E-state index in [9.17, 15) is 8.42 Å². The molecule has 0 spiro atoms. The molecule has 6 nitrogen and oxygen atoms in total. The third kappa shape index (κ3) is 3.04. The van der Waals surface area contributed by atoms with Gasteiger partial charge in [0.15, 0.2) is 5.76 Å². The monoisotopic (exact) mass is 383 g/mol. The Hall–Kier alpha value is -1.55. The summed E-state index contributed by atoms with van der Waals surface area (Å²) in [4.78, 5) is 5.51. The molecule has 0 aliphatic rings. The minimum atomic E-state index is -3.61. The number of rotatable bonds is 5. The molecule has 0 amide bonds. The predicted molar refractivity (Wildman–Crippen MR) is 94.8 cm³/mol. The van der Waals surface area contributed by atoms with Crippen LogP contribution in [0.5, 0.6) is 0 Å². The SMILES string of the molecule is Cc1nc(C(C)N(C)S(=O)(=O)c2cc(-c3ccno3)cs2)c(C)s1. The molecule has 0 saturated carbocycles. The predicted octanol–water partition coefficient (Wildman–Crippen LogP) is 3.86. The van der Waals surface area contributed by atoms with Gasteiger partial charge in [-0.1, -0.05) is 5.16 Å². The minimum absolute atomic E-state index is 0.271. The van der Waals surface area contributed by atoms with Gasteiger partial charge >= 0.3 is 0 Å². The maximum absolute atomic E-state index is 12.9. The van der Waals surface area contributed by atoms with Crippen LogP contribution in [0.2, 0.25) is 0 Å². The first-order valence-electron chi connectivity index (χ1n) is 7.22. The molecule has 0 saturated heterocycles. The number of nitrogens with zero attached hydrogens (tertiary/aromatic N) is 3. The normalized spacial score (nSPS) is 13.5. The topological polar surface area (TPSA) is 76.3 Å². The maximum Gasteiger partial charge on any atom is 0.252 e. The lowest BCUT2D eigenvalue weighted by atomic mass is 10.2. The van der Waals surface area contributed by atoms with Crippen LogP contribution in [0.15, 0.2) is 32.4 Å². The van der Waals surface area contributed by atoms with Crippen molar-refractivity contribution in [2.45, 2.75) is 31.0 Å². The quantitative estimate of drug-likeness (QED) is 0.669. The molecule has 3 rings (SSSR count). The third-order valence-corrected chi connectivity index (χ3v) is 8.06. The lowest BCUT2D eigenvalue weighted by molar-refractivity contribution is 0.393. The standard InChI is InChI=1S/C15H17N3O3S3/c1-9(15-10(2)23-11(3)17-15)18(4)24(19,20)14-7-12(8-22-14)13-5-6-16-21-13/h5-9H,1-4H3. The summed E-state index contributed by atoms with van der Waals surface area (Å²) in [6.07, 6.45) is 1.53. The van der Waals surface area contributed by atoms with Gasteiger partial charge in [-0.25, -0.2) is 13.4 Å². The van der Waals surface area contributed by atoms with Crippen LogP contribution < -0.4 is 0 Å². The van der Waals surface area contributed by atoms with Crippen LogP contribution in [-0.2, 0) is 10.0 Å². The molecule has 0 N–H and O–H groups in total. The maximum atomic E-state index is 12.9. The van der Waals surface area contributed by atoms with Crippen molar-refractivity contribution in [1.29, 1.82) is 0 Å². The Morgan fingerprint density at radius 2 is 2.08 bits per heavy atom. The molecule has 3 aromatic heterocycles. The lowest BCUT2D eigenvalue weighted by Gasteiger charge is -2.22. The molecule has 0 aliphatic heterocycles. The summed E-state index contributed by atoms with van der Waals surface area (Å²) in [6.45, 7) is 5.74. The van der Waals surface area contributed by atoms with E-state index >= 15 is 0 Å². The van der Waals surface area contributed by atoms with Crippen LogP contribution in [0.25, 0.3) is 11.3 Å². The fraction of sp³-hybridized carbons (Fsp3) is 0.333. The van der Waals surface area contributed by atoms with Crippen LogP contribution in [0.3, 0.4) is 0 Å². The van der Waals surface area contributed by atoms with Crippen molar-refractivity contribution >= 4 is 32.7 Å². The van der Waals surface area contributed by atoms with E-state index in [1.165, 1.54) is 21.8 Å². The first-order valence-corrected chi connectivity index (χ1v) is 10.4. The Balaban J connectivity index is 1.91. The van der Waals surface area contributed by atoms with Gasteiger partial charge in [-0.3, -0.25) is 0 Å². The van der Waals surface area contributed by atoms with Gasteiger partial charge in [-0.2, -0.15) is 4.31 Å². The summed E-state index contributed by atoms with van der Waals surface area (Å²) >= 11 is 2.74. The number of hydrogen-bond acceptors (Lipinski definition) is 7. The molecule has 1 unspecified atom stereocenters. The van der Waals surface area contributed by atoms with Gasteiger partial charge < -0.3 is 4.52 Å². The van der Waals surface area contributed by atoms with Crippen molar-refractivity contribution in [2.75, 3.05) is 7.05 Å². The zero-order valence-electron chi connectivity index (χ0n) is 13.7. The summed E-state index contributed by atoms with van der Waals surface area (Å²) in [5, 5.41) is 6.34. The summed E-state index contributed by atoms with van der Waals surface area (Å²) in [5.41, 5.74) is 1.51. The van der Waals surface area contributed by atoms with Crippen LogP contribution in [0, 0.1) is 13.8 Å². The molecule has 1 atom stereocenters. The van der Waals surface area contributed by atoms with Crippen LogP contribution in [0.1, 0.15) is 28.5 Å². The van der Waals surface area contributed by atoms with Crippen molar-refractivity contribution in [3.05, 3.63) is 39.3 Å². The molecule has 3 heterocycles. The molecule has 0 fully saturated rings. The first kappa shape index (κ1) is 17.3. The highest BCUT2D eigenvalue weighted by Gasteiger charge is 2.30. The Morgan fingerprint density at radius 1 is 1.33 bits per heavy atom. The molecular formula is C15H17N3O3S3. The van der Waals surface area contributed by atoms with Crippen molar-refractivity contribution in [2.24, 2.45) is 0 Å². The Bertz CT molecular complexity index is 942. The number of thiophene rings is 1. The third-order valence-electron chi connectivity index (χ3n) is 3.81. The lowest BCUT2D eigenvalue weighted by Crippen LogP contribution is -2.29. The van der Waals surface area contributed by atoms with Crippen molar-refractivity contribution in [3.8, 4) is 11.3 Å². The Labute approximate surface area is 148 Å². The van der Waals surface area contributed by atoms with Crippen molar-refractivity contribution in [3.63, 3.8) is 0 Å². The van der Waals surface area contributed by atoms with E-state index in [2.05, 4.69) is 10.1 Å². The summed E-state index contributed by atoms with van der Waals surface area (Å²) < 4.78 is 32.5. The average Bonchev–Trinajstić information content (AvgIpc) is 3.25. The van der Waals surface area contributed by atoms with E-state index in [0.717, 1.165) is 15.6 Å². The molecule has 128 valence electrons. The van der Waals surface area contributed by atoms with Gasteiger partial charge in [-0.05, 0) is 26.8 Å². The second kappa shape index (κ2) is 6.40. The van der Waals surface area contributed by atoms with Crippen molar-refractivity contribution in [1.82, 2.24) is 14.4 Å². The number of thiazole rings is 1. The van der Waals surface area contributed by atoms with E-state index in [1.807, 2.05) is 20.8 Å². The molecule has 24 heavy (non-hydrogen) atoms. The second-order valence-corrected chi connectivity index (χ2v) is 9.95. The van der Waals surface area contributed by atoms with Gasteiger partial charge in [0.25, 0.3) is 10.0 Å².